The molecule has 3 amide bonds. The summed E-state index contributed by atoms with van der Waals surface area (Å²) in [5.74, 6) is -0.00244. The predicted molar refractivity (Wildman–Crippen MR) is 91.5 cm³/mol. The zero-order valence-electron chi connectivity index (χ0n) is 14.0. The Balaban J connectivity index is 1.80. The van der Waals surface area contributed by atoms with Crippen LogP contribution < -0.4 is 10.6 Å². The summed E-state index contributed by atoms with van der Waals surface area (Å²) in [5.41, 5.74) is 2.03. The molecule has 0 radical (unpaired) electrons. The molecule has 1 aromatic rings. The van der Waals surface area contributed by atoms with E-state index in [0.29, 0.717) is 26.2 Å². The van der Waals surface area contributed by atoms with Gasteiger partial charge in [0.05, 0.1) is 6.54 Å². The van der Waals surface area contributed by atoms with Crippen LogP contribution in [0.3, 0.4) is 0 Å². The van der Waals surface area contributed by atoms with Gasteiger partial charge in [-0.05, 0) is 25.0 Å². The number of aryl methyl sites for hydroxylation is 1. The molecule has 1 aromatic carbocycles. The summed E-state index contributed by atoms with van der Waals surface area (Å²) in [6, 6.07) is 7.85. The summed E-state index contributed by atoms with van der Waals surface area (Å²) in [6.45, 7) is 7.74. The summed E-state index contributed by atoms with van der Waals surface area (Å²) in [7, 11) is 0. The van der Waals surface area contributed by atoms with Crippen molar-refractivity contribution in [2.45, 2.75) is 20.3 Å². The van der Waals surface area contributed by atoms with Crippen molar-refractivity contribution >= 4 is 17.6 Å². The van der Waals surface area contributed by atoms with Crippen LogP contribution in [-0.2, 0) is 11.2 Å². The van der Waals surface area contributed by atoms with Crippen LogP contribution in [0.15, 0.2) is 24.3 Å². The minimum Gasteiger partial charge on any atom is -0.338 e. The van der Waals surface area contributed by atoms with Crippen molar-refractivity contribution in [2.75, 3.05) is 44.6 Å². The molecule has 1 heterocycles. The number of benzene rings is 1. The number of carbonyl (C=O) groups is 2. The van der Waals surface area contributed by atoms with Crippen molar-refractivity contribution in [1.82, 2.24) is 15.1 Å². The molecule has 2 rings (SSSR count). The van der Waals surface area contributed by atoms with Crippen LogP contribution in [0.1, 0.15) is 19.4 Å². The lowest BCUT2D eigenvalue weighted by atomic mass is 10.1. The summed E-state index contributed by atoms with van der Waals surface area (Å²) in [4.78, 5) is 27.9. The first kappa shape index (κ1) is 17.3. The Hall–Kier alpha value is -2.08. The molecule has 0 spiro atoms. The van der Waals surface area contributed by atoms with E-state index in [-0.39, 0.29) is 11.9 Å². The standard InChI is InChI=1S/C17H26N4O2/c1-3-14-7-5-6-8-15(14)19-16(22)13-20-9-11-21(12-10-20)17(23)18-4-2/h5-8H,3-4,9-13H2,1-2H3,(H,18,23)(H,19,22). The zero-order chi connectivity index (χ0) is 16.7. The molecule has 0 atom stereocenters. The Morgan fingerprint density at radius 2 is 1.78 bits per heavy atom. The molecular weight excluding hydrogens is 292 g/mol. The molecule has 1 aliphatic heterocycles. The van der Waals surface area contributed by atoms with Gasteiger partial charge in [0, 0.05) is 38.4 Å². The van der Waals surface area contributed by atoms with E-state index >= 15 is 0 Å². The fourth-order valence-corrected chi connectivity index (χ4v) is 2.72. The average molecular weight is 318 g/mol. The van der Waals surface area contributed by atoms with E-state index in [2.05, 4.69) is 22.5 Å². The van der Waals surface area contributed by atoms with Gasteiger partial charge in [-0.3, -0.25) is 9.69 Å². The third-order valence-electron chi connectivity index (χ3n) is 4.03. The number of rotatable bonds is 5. The zero-order valence-corrected chi connectivity index (χ0v) is 14.0. The van der Waals surface area contributed by atoms with Crippen LogP contribution in [0.25, 0.3) is 0 Å². The van der Waals surface area contributed by atoms with Gasteiger partial charge in [-0.25, -0.2) is 4.79 Å². The number of piperazine rings is 1. The van der Waals surface area contributed by atoms with E-state index in [9.17, 15) is 9.59 Å². The largest absolute Gasteiger partial charge is 0.338 e. The van der Waals surface area contributed by atoms with Crippen molar-refractivity contribution in [1.29, 1.82) is 0 Å². The van der Waals surface area contributed by atoms with Gasteiger partial charge >= 0.3 is 6.03 Å². The molecule has 6 heteroatoms. The lowest BCUT2D eigenvalue weighted by Gasteiger charge is -2.34. The van der Waals surface area contributed by atoms with Crippen LogP contribution >= 0.6 is 0 Å². The first-order chi connectivity index (χ1) is 11.1. The third kappa shape index (κ3) is 4.96. The fourth-order valence-electron chi connectivity index (χ4n) is 2.72. The lowest BCUT2D eigenvalue weighted by molar-refractivity contribution is -0.117. The molecule has 1 aliphatic rings. The Kier molecular flexibility index (Phi) is 6.40. The van der Waals surface area contributed by atoms with Crippen LogP contribution in [0.5, 0.6) is 0 Å². The van der Waals surface area contributed by atoms with Gasteiger partial charge in [-0.2, -0.15) is 0 Å². The quantitative estimate of drug-likeness (QED) is 0.865. The summed E-state index contributed by atoms with van der Waals surface area (Å²) >= 11 is 0. The summed E-state index contributed by atoms with van der Waals surface area (Å²) in [5, 5.41) is 5.79. The third-order valence-corrected chi connectivity index (χ3v) is 4.03. The van der Waals surface area contributed by atoms with E-state index in [4.69, 9.17) is 0 Å². The topological polar surface area (TPSA) is 64.7 Å². The molecule has 0 aliphatic carbocycles. The van der Waals surface area contributed by atoms with Crippen LogP contribution in [0, 0.1) is 0 Å². The number of anilines is 1. The second kappa shape index (κ2) is 8.53. The van der Waals surface area contributed by atoms with E-state index < -0.39 is 0 Å². The molecule has 126 valence electrons. The maximum atomic E-state index is 12.2. The van der Waals surface area contributed by atoms with E-state index in [1.807, 2.05) is 31.2 Å². The molecule has 1 saturated heterocycles. The number of amides is 3. The highest BCUT2D eigenvalue weighted by molar-refractivity contribution is 5.93. The van der Waals surface area contributed by atoms with Gasteiger partial charge in [-0.1, -0.05) is 25.1 Å². The first-order valence-electron chi connectivity index (χ1n) is 8.27. The van der Waals surface area contributed by atoms with Crippen molar-refractivity contribution in [3.05, 3.63) is 29.8 Å². The predicted octanol–water partition coefficient (Wildman–Crippen LogP) is 1.53. The molecule has 0 unspecified atom stereocenters. The Labute approximate surface area is 137 Å². The molecule has 0 aromatic heterocycles. The number of carbonyl (C=O) groups excluding carboxylic acids is 2. The molecule has 6 nitrogen and oxygen atoms in total. The smallest absolute Gasteiger partial charge is 0.317 e. The SMILES string of the molecule is CCNC(=O)N1CCN(CC(=O)Nc2ccccc2CC)CC1. The van der Waals surface area contributed by atoms with E-state index in [1.165, 1.54) is 0 Å². The highest BCUT2D eigenvalue weighted by atomic mass is 16.2. The van der Waals surface area contributed by atoms with E-state index in [1.54, 1.807) is 4.90 Å². The number of nitrogens with one attached hydrogen (secondary N) is 2. The minimum absolute atomic E-state index is 0.00244. The lowest BCUT2D eigenvalue weighted by Crippen LogP contribution is -2.53. The molecule has 1 fully saturated rings. The summed E-state index contributed by atoms with van der Waals surface area (Å²) < 4.78 is 0. The molecular formula is C17H26N4O2. The molecule has 0 bridgehead atoms. The number of hydrogen-bond donors (Lipinski definition) is 2. The van der Waals surface area contributed by atoms with Gasteiger partial charge in [0.15, 0.2) is 0 Å². The highest BCUT2D eigenvalue weighted by Gasteiger charge is 2.22. The van der Waals surface area contributed by atoms with E-state index in [0.717, 1.165) is 30.8 Å². The molecule has 2 N–H and O–H groups in total. The average Bonchev–Trinajstić information content (AvgIpc) is 2.56. The second-order valence-electron chi connectivity index (χ2n) is 5.66. The summed E-state index contributed by atoms with van der Waals surface area (Å²) in [6.07, 6.45) is 0.891. The van der Waals surface area contributed by atoms with Crippen LogP contribution in [0.4, 0.5) is 10.5 Å². The van der Waals surface area contributed by atoms with Gasteiger partial charge in [-0.15, -0.1) is 0 Å². The molecule has 23 heavy (non-hydrogen) atoms. The Morgan fingerprint density at radius 1 is 1.09 bits per heavy atom. The highest BCUT2D eigenvalue weighted by Crippen LogP contribution is 2.15. The Bertz CT molecular complexity index is 539. The van der Waals surface area contributed by atoms with Gasteiger partial charge in [0.25, 0.3) is 0 Å². The van der Waals surface area contributed by atoms with Crippen molar-refractivity contribution < 1.29 is 9.59 Å². The maximum Gasteiger partial charge on any atom is 0.317 e. The monoisotopic (exact) mass is 318 g/mol. The maximum absolute atomic E-state index is 12.2. The van der Waals surface area contributed by atoms with Gasteiger partial charge < -0.3 is 15.5 Å². The van der Waals surface area contributed by atoms with Crippen LogP contribution in [-0.4, -0.2) is 61.0 Å². The fraction of sp³-hybridized carbons (Fsp3) is 0.529. The van der Waals surface area contributed by atoms with Crippen LogP contribution in [0.2, 0.25) is 0 Å². The minimum atomic E-state index is -0.0199. The van der Waals surface area contributed by atoms with Crippen molar-refractivity contribution in [2.24, 2.45) is 0 Å². The first-order valence-corrected chi connectivity index (χ1v) is 8.27. The number of hydrogen-bond acceptors (Lipinski definition) is 3. The van der Waals surface area contributed by atoms with Gasteiger partial charge in [0.2, 0.25) is 5.91 Å². The molecule has 0 saturated carbocycles. The second-order valence-corrected chi connectivity index (χ2v) is 5.66. The Morgan fingerprint density at radius 3 is 2.43 bits per heavy atom. The van der Waals surface area contributed by atoms with Gasteiger partial charge in [0.1, 0.15) is 0 Å². The number of nitrogens with zero attached hydrogens (tertiary/aromatic N) is 2. The number of urea groups is 1. The normalized spacial score (nSPS) is 15.3. The van der Waals surface area contributed by atoms with Crippen molar-refractivity contribution in [3.63, 3.8) is 0 Å². The number of para-hydroxylation sites is 1. The van der Waals surface area contributed by atoms with Crippen molar-refractivity contribution in [3.8, 4) is 0 Å².